The Labute approximate surface area is 110 Å². The van der Waals surface area contributed by atoms with E-state index in [4.69, 9.17) is 17.3 Å². The zero-order valence-corrected chi connectivity index (χ0v) is 10.9. The first-order chi connectivity index (χ1) is 8.56. The lowest BCUT2D eigenvalue weighted by molar-refractivity contribution is 0.619. The fourth-order valence-electron chi connectivity index (χ4n) is 1.88. The van der Waals surface area contributed by atoms with Gasteiger partial charge in [-0.25, -0.2) is 4.39 Å². The van der Waals surface area contributed by atoms with E-state index in [1.165, 1.54) is 12.1 Å². The van der Waals surface area contributed by atoms with Gasteiger partial charge in [-0.2, -0.15) is 5.10 Å². The van der Waals surface area contributed by atoms with Gasteiger partial charge in [-0.05, 0) is 36.1 Å². The minimum absolute atomic E-state index is 0.196. The molecular weight excluding hydrogens is 253 g/mol. The average Bonchev–Trinajstić information content (AvgIpc) is 2.72. The quantitative estimate of drug-likeness (QED) is 0.926. The number of hydrogen-bond donors (Lipinski definition) is 1. The molecule has 0 aliphatic heterocycles. The zero-order valence-electron chi connectivity index (χ0n) is 10.1. The summed E-state index contributed by atoms with van der Waals surface area (Å²) >= 11 is 5.97. The zero-order chi connectivity index (χ0) is 13.1. The van der Waals surface area contributed by atoms with E-state index in [1.807, 2.05) is 19.4 Å². The minimum atomic E-state index is -0.344. The summed E-state index contributed by atoms with van der Waals surface area (Å²) in [5, 5.41) is 4.48. The highest BCUT2D eigenvalue weighted by Crippen LogP contribution is 2.25. The molecule has 1 heterocycles. The predicted molar refractivity (Wildman–Crippen MR) is 69.9 cm³/mol. The molecule has 18 heavy (non-hydrogen) atoms. The van der Waals surface area contributed by atoms with Crippen molar-refractivity contribution in [3.8, 4) is 0 Å². The monoisotopic (exact) mass is 267 g/mol. The summed E-state index contributed by atoms with van der Waals surface area (Å²) in [6.45, 7) is 0. The van der Waals surface area contributed by atoms with E-state index < -0.39 is 0 Å². The Morgan fingerprint density at radius 3 is 2.89 bits per heavy atom. The van der Waals surface area contributed by atoms with Crippen molar-refractivity contribution in [2.24, 2.45) is 12.8 Å². The van der Waals surface area contributed by atoms with Gasteiger partial charge in [0.2, 0.25) is 0 Å². The van der Waals surface area contributed by atoms with Crippen LogP contribution in [0.25, 0.3) is 0 Å². The SMILES string of the molecule is Cn1cc(CCC(N)c2ccc(F)cc2Cl)cn1. The van der Waals surface area contributed by atoms with Crippen LogP contribution in [0, 0.1) is 5.82 Å². The summed E-state index contributed by atoms with van der Waals surface area (Å²) in [5.74, 6) is -0.344. The smallest absolute Gasteiger partial charge is 0.124 e. The number of hydrogen-bond acceptors (Lipinski definition) is 2. The molecule has 0 aliphatic carbocycles. The maximum Gasteiger partial charge on any atom is 0.124 e. The number of aromatic nitrogens is 2. The molecule has 0 spiro atoms. The largest absolute Gasteiger partial charge is 0.324 e. The molecule has 1 aromatic heterocycles. The topological polar surface area (TPSA) is 43.8 Å². The number of nitrogens with zero attached hydrogens (tertiary/aromatic N) is 2. The van der Waals surface area contributed by atoms with Crippen LogP contribution in [0.1, 0.15) is 23.6 Å². The van der Waals surface area contributed by atoms with Crippen molar-refractivity contribution in [3.63, 3.8) is 0 Å². The van der Waals surface area contributed by atoms with Gasteiger partial charge in [-0.1, -0.05) is 17.7 Å². The van der Waals surface area contributed by atoms with E-state index in [-0.39, 0.29) is 11.9 Å². The van der Waals surface area contributed by atoms with Crippen LogP contribution in [-0.4, -0.2) is 9.78 Å². The fraction of sp³-hybridized carbons (Fsp3) is 0.308. The van der Waals surface area contributed by atoms with E-state index in [0.29, 0.717) is 5.02 Å². The van der Waals surface area contributed by atoms with Crippen LogP contribution in [-0.2, 0) is 13.5 Å². The molecule has 3 nitrogen and oxygen atoms in total. The third kappa shape index (κ3) is 3.09. The molecule has 5 heteroatoms. The lowest BCUT2D eigenvalue weighted by atomic mass is 10.0. The molecule has 0 aliphatic rings. The van der Waals surface area contributed by atoms with E-state index in [9.17, 15) is 4.39 Å². The Kier molecular flexibility index (Phi) is 3.99. The van der Waals surface area contributed by atoms with Crippen molar-refractivity contribution in [2.75, 3.05) is 0 Å². The predicted octanol–water partition coefficient (Wildman–Crippen LogP) is 2.85. The molecule has 0 amide bonds. The van der Waals surface area contributed by atoms with Gasteiger partial charge in [0.15, 0.2) is 0 Å². The number of nitrogens with two attached hydrogens (primary N) is 1. The first-order valence-corrected chi connectivity index (χ1v) is 6.12. The fourth-order valence-corrected chi connectivity index (χ4v) is 2.19. The van der Waals surface area contributed by atoms with Gasteiger partial charge in [0.1, 0.15) is 5.82 Å². The second kappa shape index (κ2) is 5.50. The van der Waals surface area contributed by atoms with Crippen LogP contribution in [0.15, 0.2) is 30.6 Å². The van der Waals surface area contributed by atoms with Gasteiger partial charge < -0.3 is 5.73 Å². The molecule has 1 aromatic carbocycles. The second-order valence-electron chi connectivity index (χ2n) is 4.33. The van der Waals surface area contributed by atoms with Gasteiger partial charge in [-0.3, -0.25) is 4.68 Å². The average molecular weight is 268 g/mol. The number of benzene rings is 1. The summed E-state index contributed by atoms with van der Waals surface area (Å²) in [7, 11) is 1.88. The van der Waals surface area contributed by atoms with Crippen LogP contribution in [0.4, 0.5) is 4.39 Å². The third-order valence-electron chi connectivity index (χ3n) is 2.86. The van der Waals surface area contributed by atoms with Gasteiger partial charge >= 0.3 is 0 Å². The molecule has 1 atom stereocenters. The first kappa shape index (κ1) is 13.1. The van der Waals surface area contributed by atoms with Crippen molar-refractivity contribution in [2.45, 2.75) is 18.9 Å². The molecule has 2 aromatic rings. The lowest BCUT2D eigenvalue weighted by Gasteiger charge is -2.13. The Morgan fingerprint density at radius 1 is 1.50 bits per heavy atom. The molecule has 0 fully saturated rings. The summed E-state index contributed by atoms with van der Waals surface area (Å²) in [6, 6.07) is 4.12. The minimum Gasteiger partial charge on any atom is -0.324 e. The highest BCUT2D eigenvalue weighted by molar-refractivity contribution is 6.31. The standard InChI is InChI=1S/C13H15ClFN3/c1-18-8-9(7-17-18)2-5-13(16)11-4-3-10(15)6-12(11)14/h3-4,6-8,13H,2,5,16H2,1H3. The Balaban J connectivity index is 2.01. The van der Waals surface area contributed by atoms with Crippen LogP contribution in [0.2, 0.25) is 5.02 Å². The van der Waals surface area contributed by atoms with Gasteiger partial charge in [0.25, 0.3) is 0 Å². The van der Waals surface area contributed by atoms with Gasteiger partial charge in [0.05, 0.1) is 6.20 Å². The Morgan fingerprint density at radius 2 is 2.28 bits per heavy atom. The Hall–Kier alpha value is -1.39. The molecule has 96 valence electrons. The summed E-state index contributed by atoms with van der Waals surface area (Å²) in [6.07, 6.45) is 5.34. The maximum atomic E-state index is 12.9. The van der Waals surface area contributed by atoms with Crippen molar-refractivity contribution in [3.05, 3.63) is 52.6 Å². The van der Waals surface area contributed by atoms with Crippen molar-refractivity contribution >= 4 is 11.6 Å². The normalized spacial score (nSPS) is 12.7. The lowest BCUT2D eigenvalue weighted by Crippen LogP contribution is -2.12. The van der Waals surface area contributed by atoms with Crippen molar-refractivity contribution in [1.82, 2.24) is 9.78 Å². The molecule has 2 rings (SSSR count). The van der Waals surface area contributed by atoms with Crippen molar-refractivity contribution in [1.29, 1.82) is 0 Å². The summed E-state index contributed by atoms with van der Waals surface area (Å²) in [5.41, 5.74) is 7.98. The highest BCUT2D eigenvalue weighted by Gasteiger charge is 2.11. The van der Waals surface area contributed by atoms with Crippen LogP contribution in [0.5, 0.6) is 0 Å². The number of halogens is 2. The Bertz CT molecular complexity index is 539. The highest BCUT2D eigenvalue weighted by atomic mass is 35.5. The van der Waals surface area contributed by atoms with Crippen LogP contribution in [0.3, 0.4) is 0 Å². The molecule has 0 saturated carbocycles. The van der Waals surface area contributed by atoms with Crippen LogP contribution >= 0.6 is 11.6 Å². The maximum absolute atomic E-state index is 12.9. The third-order valence-corrected chi connectivity index (χ3v) is 3.19. The summed E-state index contributed by atoms with van der Waals surface area (Å²) < 4.78 is 14.7. The number of rotatable bonds is 4. The molecular formula is C13H15ClFN3. The number of aryl methyl sites for hydroxylation is 2. The molecule has 0 bridgehead atoms. The molecule has 0 saturated heterocycles. The van der Waals surface area contributed by atoms with Gasteiger partial charge in [-0.15, -0.1) is 0 Å². The molecule has 0 radical (unpaired) electrons. The van der Waals surface area contributed by atoms with E-state index in [1.54, 1.807) is 10.7 Å². The second-order valence-corrected chi connectivity index (χ2v) is 4.74. The van der Waals surface area contributed by atoms with E-state index in [0.717, 1.165) is 24.0 Å². The first-order valence-electron chi connectivity index (χ1n) is 5.74. The van der Waals surface area contributed by atoms with E-state index in [2.05, 4.69) is 5.10 Å². The van der Waals surface area contributed by atoms with Crippen molar-refractivity contribution < 1.29 is 4.39 Å². The summed E-state index contributed by atoms with van der Waals surface area (Å²) in [4.78, 5) is 0. The van der Waals surface area contributed by atoms with E-state index >= 15 is 0 Å². The van der Waals surface area contributed by atoms with Gasteiger partial charge in [0, 0.05) is 24.3 Å². The molecule has 2 N–H and O–H groups in total. The van der Waals surface area contributed by atoms with Crippen LogP contribution < -0.4 is 5.73 Å². The molecule has 1 unspecified atom stereocenters.